The van der Waals surface area contributed by atoms with Crippen LogP contribution in [0.3, 0.4) is 0 Å². The van der Waals surface area contributed by atoms with Crippen LogP contribution in [0.25, 0.3) is 11.1 Å². The standard InChI is InChI=1S/C16H21N3O2S/c1-2-4-14-13(3-1)18-15(21-14)17-11-16(5-10-22-12-16)19-6-8-20-9-7-19/h1-4H,5-12H2,(H,17,18)/t16-/m1/s1. The third-order valence-electron chi connectivity index (χ3n) is 4.63. The van der Waals surface area contributed by atoms with Gasteiger partial charge in [-0.2, -0.15) is 16.7 Å². The van der Waals surface area contributed by atoms with Gasteiger partial charge in [0.25, 0.3) is 6.01 Å². The molecule has 2 saturated heterocycles. The van der Waals surface area contributed by atoms with Gasteiger partial charge in [-0.05, 0) is 24.3 Å². The van der Waals surface area contributed by atoms with Gasteiger partial charge in [-0.25, -0.2) is 0 Å². The van der Waals surface area contributed by atoms with Gasteiger partial charge in [0.05, 0.1) is 13.2 Å². The second kappa shape index (κ2) is 6.10. The fourth-order valence-corrected chi connectivity index (χ4v) is 4.80. The fraction of sp³-hybridized carbons (Fsp3) is 0.562. The zero-order chi connectivity index (χ0) is 14.8. The normalized spacial score (nSPS) is 26.5. The van der Waals surface area contributed by atoms with Gasteiger partial charge in [0.1, 0.15) is 5.52 Å². The molecule has 2 aliphatic rings. The van der Waals surface area contributed by atoms with E-state index in [4.69, 9.17) is 9.15 Å². The van der Waals surface area contributed by atoms with E-state index in [0.717, 1.165) is 43.9 Å². The van der Waals surface area contributed by atoms with Crippen LogP contribution in [0.2, 0.25) is 0 Å². The number of morpholine rings is 1. The van der Waals surface area contributed by atoms with E-state index in [9.17, 15) is 0 Å². The van der Waals surface area contributed by atoms with Gasteiger partial charge >= 0.3 is 0 Å². The van der Waals surface area contributed by atoms with E-state index in [1.807, 2.05) is 36.0 Å². The highest BCUT2D eigenvalue weighted by Crippen LogP contribution is 2.34. The van der Waals surface area contributed by atoms with Crippen LogP contribution in [0.5, 0.6) is 0 Å². The summed E-state index contributed by atoms with van der Waals surface area (Å²) in [5.74, 6) is 2.40. The predicted octanol–water partition coefficient (Wildman–Crippen LogP) is 2.45. The molecule has 4 rings (SSSR count). The lowest BCUT2D eigenvalue weighted by Gasteiger charge is -2.42. The Kier molecular flexibility index (Phi) is 3.98. The van der Waals surface area contributed by atoms with Gasteiger partial charge in [0.2, 0.25) is 0 Å². The maximum absolute atomic E-state index is 5.79. The average Bonchev–Trinajstić information content (AvgIpc) is 3.21. The van der Waals surface area contributed by atoms with Crippen LogP contribution in [0.4, 0.5) is 6.01 Å². The van der Waals surface area contributed by atoms with E-state index in [2.05, 4.69) is 15.2 Å². The first-order valence-corrected chi connectivity index (χ1v) is 9.01. The Labute approximate surface area is 134 Å². The molecule has 1 N–H and O–H groups in total. The number of hydrogen-bond acceptors (Lipinski definition) is 6. The molecule has 118 valence electrons. The zero-order valence-electron chi connectivity index (χ0n) is 12.6. The molecule has 2 aromatic rings. The number of benzene rings is 1. The van der Waals surface area contributed by atoms with Gasteiger partial charge < -0.3 is 14.5 Å². The summed E-state index contributed by atoms with van der Waals surface area (Å²) >= 11 is 2.04. The Morgan fingerprint density at radius 1 is 1.27 bits per heavy atom. The number of anilines is 1. The van der Waals surface area contributed by atoms with Crippen LogP contribution >= 0.6 is 11.8 Å². The third kappa shape index (κ3) is 2.71. The molecule has 0 amide bonds. The third-order valence-corrected chi connectivity index (χ3v) is 5.86. The highest BCUT2D eigenvalue weighted by atomic mass is 32.2. The molecule has 0 spiro atoms. The number of rotatable bonds is 4. The average molecular weight is 319 g/mol. The van der Waals surface area contributed by atoms with Crippen LogP contribution in [-0.4, -0.2) is 59.8 Å². The highest BCUT2D eigenvalue weighted by Gasteiger charge is 2.40. The number of thioether (sulfide) groups is 1. The van der Waals surface area contributed by atoms with Crippen LogP contribution in [0, 0.1) is 0 Å². The van der Waals surface area contributed by atoms with Crippen molar-refractivity contribution in [2.75, 3.05) is 49.7 Å². The maximum Gasteiger partial charge on any atom is 0.295 e. The smallest absolute Gasteiger partial charge is 0.295 e. The lowest BCUT2D eigenvalue weighted by Crippen LogP contribution is -2.57. The van der Waals surface area contributed by atoms with Gasteiger partial charge in [0.15, 0.2) is 5.58 Å². The van der Waals surface area contributed by atoms with Crippen molar-refractivity contribution in [3.05, 3.63) is 24.3 Å². The summed E-state index contributed by atoms with van der Waals surface area (Å²) in [7, 11) is 0. The Bertz CT molecular complexity index is 600. The van der Waals surface area contributed by atoms with Crippen molar-refractivity contribution in [3.63, 3.8) is 0 Å². The number of nitrogens with zero attached hydrogens (tertiary/aromatic N) is 2. The lowest BCUT2D eigenvalue weighted by atomic mass is 9.95. The van der Waals surface area contributed by atoms with E-state index in [1.165, 1.54) is 17.9 Å². The van der Waals surface area contributed by atoms with Gasteiger partial charge in [-0.1, -0.05) is 12.1 Å². The number of para-hydroxylation sites is 2. The molecule has 1 aromatic carbocycles. The maximum atomic E-state index is 5.79. The number of aromatic nitrogens is 1. The molecule has 0 aliphatic carbocycles. The van der Waals surface area contributed by atoms with E-state index in [1.54, 1.807) is 0 Å². The predicted molar refractivity (Wildman–Crippen MR) is 89.6 cm³/mol. The molecule has 0 bridgehead atoms. The number of nitrogens with one attached hydrogen (secondary N) is 1. The van der Waals surface area contributed by atoms with Crippen molar-refractivity contribution in [3.8, 4) is 0 Å². The first kappa shape index (κ1) is 14.4. The van der Waals surface area contributed by atoms with Crippen molar-refractivity contribution >= 4 is 28.9 Å². The van der Waals surface area contributed by atoms with Crippen LogP contribution in [0.15, 0.2) is 28.7 Å². The number of oxazole rings is 1. The summed E-state index contributed by atoms with van der Waals surface area (Å²) in [6, 6.07) is 8.52. The first-order valence-electron chi connectivity index (χ1n) is 7.86. The minimum absolute atomic E-state index is 0.203. The van der Waals surface area contributed by atoms with Crippen molar-refractivity contribution in [1.29, 1.82) is 0 Å². The minimum atomic E-state index is 0.203. The molecule has 0 unspecified atom stereocenters. The second-order valence-electron chi connectivity index (χ2n) is 5.97. The summed E-state index contributed by atoms with van der Waals surface area (Å²) in [6.07, 6.45) is 1.21. The Balaban J connectivity index is 1.49. The molecular formula is C16H21N3O2S. The highest BCUT2D eigenvalue weighted by molar-refractivity contribution is 7.99. The largest absolute Gasteiger partial charge is 0.424 e. The van der Waals surface area contributed by atoms with E-state index >= 15 is 0 Å². The SMILES string of the molecule is c1ccc2oc(NC[C@]3(N4CCOCC4)CCSC3)nc2c1. The molecule has 1 aromatic heterocycles. The molecule has 0 saturated carbocycles. The second-order valence-corrected chi connectivity index (χ2v) is 7.07. The Morgan fingerprint density at radius 2 is 2.14 bits per heavy atom. The van der Waals surface area contributed by atoms with Crippen molar-refractivity contribution in [1.82, 2.24) is 9.88 Å². The van der Waals surface area contributed by atoms with Crippen LogP contribution in [-0.2, 0) is 4.74 Å². The summed E-state index contributed by atoms with van der Waals surface area (Å²) in [4.78, 5) is 7.11. The first-order chi connectivity index (χ1) is 10.9. The molecule has 22 heavy (non-hydrogen) atoms. The topological polar surface area (TPSA) is 50.5 Å². The summed E-state index contributed by atoms with van der Waals surface area (Å²) in [6.45, 7) is 4.61. The fourth-order valence-electron chi connectivity index (χ4n) is 3.32. The van der Waals surface area contributed by atoms with Crippen LogP contribution < -0.4 is 5.32 Å². The zero-order valence-corrected chi connectivity index (χ0v) is 13.4. The molecule has 0 radical (unpaired) electrons. The van der Waals surface area contributed by atoms with Gasteiger partial charge in [0, 0.05) is 30.9 Å². The molecule has 2 aliphatic heterocycles. The molecular weight excluding hydrogens is 298 g/mol. The number of ether oxygens (including phenoxy) is 1. The number of fused-ring (bicyclic) bond motifs is 1. The molecule has 1 atom stereocenters. The molecule has 6 heteroatoms. The summed E-state index contributed by atoms with van der Waals surface area (Å²) in [5, 5.41) is 3.44. The van der Waals surface area contributed by atoms with Crippen molar-refractivity contribution < 1.29 is 9.15 Å². The van der Waals surface area contributed by atoms with Crippen LogP contribution in [0.1, 0.15) is 6.42 Å². The Morgan fingerprint density at radius 3 is 2.91 bits per heavy atom. The number of hydrogen-bond donors (Lipinski definition) is 1. The van der Waals surface area contributed by atoms with Gasteiger partial charge in [-0.15, -0.1) is 0 Å². The minimum Gasteiger partial charge on any atom is -0.424 e. The van der Waals surface area contributed by atoms with Crippen molar-refractivity contribution in [2.24, 2.45) is 0 Å². The molecule has 3 heterocycles. The molecule has 5 nitrogen and oxygen atoms in total. The Hall–Kier alpha value is -1.24. The molecule has 2 fully saturated rings. The summed E-state index contributed by atoms with van der Waals surface area (Å²) in [5.41, 5.74) is 1.95. The van der Waals surface area contributed by atoms with Gasteiger partial charge in [-0.3, -0.25) is 4.90 Å². The lowest BCUT2D eigenvalue weighted by molar-refractivity contribution is -0.00933. The quantitative estimate of drug-likeness (QED) is 0.934. The van der Waals surface area contributed by atoms with E-state index in [0.29, 0.717) is 6.01 Å². The van der Waals surface area contributed by atoms with E-state index in [-0.39, 0.29) is 5.54 Å². The monoisotopic (exact) mass is 319 g/mol. The summed E-state index contributed by atoms with van der Waals surface area (Å²) < 4.78 is 11.3. The van der Waals surface area contributed by atoms with E-state index < -0.39 is 0 Å². The van der Waals surface area contributed by atoms with Crippen molar-refractivity contribution in [2.45, 2.75) is 12.0 Å².